The van der Waals surface area contributed by atoms with Crippen molar-refractivity contribution < 1.29 is 4.84 Å². The lowest BCUT2D eigenvalue weighted by Crippen LogP contribution is -2.13. The Morgan fingerprint density at radius 1 is 1.67 bits per heavy atom. The van der Waals surface area contributed by atoms with E-state index in [9.17, 15) is 0 Å². The molecular weight excluding hydrogens is 170 g/mol. The Labute approximate surface area is 77.1 Å². The first-order valence-corrected chi connectivity index (χ1v) is 4.06. The van der Waals surface area contributed by atoms with E-state index in [-0.39, 0.29) is 0 Å². The summed E-state index contributed by atoms with van der Waals surface area (Å²) in [6.45, 7) is 6.14. The number of hydrogen-bond acceptors (Lipinski definition) is 2. The Hall–Kier alpha value is -1.09. The minimum absolute atomic E-state index is 0.498. The van der Waals surface area contributed by atoms with Crippen molar-refractivity contribution in [1.82, 2.24) is 4.73 Å². The molecule has 2 nitrogen and oxygen atoms in total. The SMILES string of the molecule is C=C(C)COn1ccccc1=S. The molecule has 0 radical (unpaired) electrons. The van der Waals surface area contributed by atoms with Crippen LogP contribution in [0.15, 0.2) is 36.5 Å². The molecule has 0 N–H and O–H groups in total. The van der Waals surface area contributed by atoms with Gasteiger partial charge in [0, 0.05) is 6.20 Å². The molecule has 0 spiro atoms. The van der Waals surface area contributed by atoms with Crippen molar-refractivity contribution in [2.75, 3.05) is 6.61 Å². The highest BCUT2D eigenvalue weighted by Crippen LogP contribution is 1.92. The van der Waals surface area contributed by atoms with Crippen LogP contribution in [0.2, 0.25) is 0 Å². The molecule has 0 unspecified atom stereocenters. The van der Waals surface area contributed by atoms with Crippen molar-refractivity contribution in [3.05, 3.63) is 41.2 Å². The molecule has 1 heterocycles. The third kappa shape index (κ3) is 2.51. The lowest BCUT2D eigenvalue weighted by molar-refractivity contribution is 0.125. The molecule has 1 rings (SSSR count). The minimum Gasteiger partial charge on any atom is -0.409 e. The van der Waals surface area contributed by atoms with E-state index in [1.807, 2.05) is 25.1 Å². The van der Waals surface area contributed by atoms with E-state index >= 15 is 0 Å². The fraction of sp³-hybridized carbons (Fsp3) is 0.222. The average molecular weight is 181 g/mol. The zero-order valence-electron chi connectivity index (χ0n) is 6.99. The molecule has 12 heavy (non-hydrogen) atoms. The van der Waals surface area contributed by atoms with Crippen LogP contribution in [0.4, 0.5) is 0 Å². The van der Waals surface area contributed by atoms with Gasteiger partial charge in [-0.3, -0.25) is 0 Å². The number of hydrogen-bond donors (Lipinski definition) is 0. The number of nitrogens with zero attached hydrogens (tertiary/aromatic N) is 1. The summed E-state index contributed by atoms with van der Waals surface area (Å²) in [5.74, 6) is 0. The van der Waals surface area contributed by atoms with Gasteiger partial charge < -0.3 is 4.84 Å². The maximum atomic E-state index is 5.31. The van der Waals surface area contributed by atoms with Crippen molar-refractivity contribution >= 4 is 12.2 Å². The van der Waals surface area contributed by atoms with Gasteiger partial charge in [-0.1, -0.05) is 24.9 Å². The molecule has 0 atom stereocenters. The highest BCUT2D eigenvalue weighted by Gasteiger charge is 1.89. The molecule has 0 saturated heterocycles. The van der Waals surface area contributed by atoms with E-state index < -0.39 is 0 Å². The van der Waals surface area contributed by atoms with Crippen LogP contribution in [-0.4, -0.2) is 11.3 Å². The number of rotatable bonds is 3. The van der Waals surface area contributed by atoms with Gasteiger partial charge in [0.2, 0.25) is 0 Å². The molecule has 0 saturated carbocycles. The van der Waals surface area contributed by atoms with E-state index in [1.54, 1.807) is 10.9 Å². The van der Waals surface area contributed by atoms with Gasteiger partial charge in [0.25, 0.3) is 0 Å². The van der Waals surface area contributed by atoms with Gasteiger partial charge in [-0.25, -0.2) is 0 Å². The smallest absolute Gasteiger partial charge is 0.142 e. The summed E-state index contributed by atoms with van der Waals surface area (Å²) in [5, 5.41) is 0. The Kier molecular flexibility index (Phi) is 3.05. The first-order valence-electron chi connectivity index (χ1n) is 3.65. The third-order valence-electron chi connectivity index (χ3n) is 1.24. The fourth-order valence-electron chi connectivity index (χ4n) is 0.699. The van der Waals surface area contributed by atoms with Crippen LogP contribution in [0.5, 0.6) is 0 Å². The molecule has 3 heteroatoms. The van der Waals surface area contributed by atoms with Crippen LogP contribution >= 0.6 is 12.2 Å². The van der Waals surface area contributed by atoms with Crippen LogP contribution in [-0.2, 0) is 0 Å². The molecule has 64 valence electrons. The first-order chi connectivity index (χ1) is 5.70. The van der Waals surface area contributed by atoms with Crippen LogP contribution in [0.3, 0.4) is 0 Å². The summed E-state index contributed by atoms with van der Waals surface area (Å²) >= 11 is 5.01. The van der Waals surface area contributed by atoms with Crippen molar-refractivity contribution in [1.29, 1.82) is 0 Å². The lowest BCUT2D eigenvalue weighted by Gasteiger charge is -2.07. The van der Waals surface area contributed by atoms with Gasteiger partial charge >= 0.3 is 0 Å². The predicted octanol–water partition coefficient (Wildman–Crippen LogP) is 2.22. The van der Waals surface area contributed by atoms with Gasteiger partial charge in [0.15, 0.2) is 0 Å². The van der Waals surface area contributed by atoms with Crippen LogP contribution in [0.25, 0.3) is 0 Å². The van der Waals surface area contributed by atoms with Crippen LogP contribution in [0, 0.1) is 4.64 Å². The van der Waals surface area contributed by atoms with Crippen molar-refractivity contribution in [3.8, 4) is 0 Å². The summed E-state index contributed by atoms with van der Waals surface area (Å²) in [6, 6.07) is 5.56. The zero-order chi connectivity index (χ0) is 8.97. The molecule has 1 aromatic rings. The van der Waals surface area contributed by atoms with Crippen molar-refractivity contribution in [2.24, 2.45) is 0 Å². The summed E-state index contributed by atoms with van der Waals surface area (Å²) in [5.41, 5.74) is 0.973. The Morgan fingerprint density at radius 2 is 2.42 bits per heavy atom. The molecule has 0 fully saturated rings. The molecule has 0 aliphatic rings. The molecule has 0 aromatic carbocycles. The Bertz CT molecular complexity index is 329. The average Bonchev–Trinajstić information content (AvgIpc) is 2.03. The molecule has 0 bridgehead atoms. The van der Waals surface area contributed by atoms with Crippen LogP contribution in [0.1, 0.15) is 6.92 Å². The summed E-state index contributed by atoms with van der Waals surface area (Å²) < 4.78 is 2.23. The Balaban J connectivity index is 2.70. The third-order valence-corrected chi connectivity index (χ3v) is 1.55. The molecule has 0 aliphatic carbocycles. The monoisotopic (exact) mass is 181 g/mol. The van der Waals surface area contributed by atoms with Gasteiger partial charge in [0.1, 0.15) is 11.2 Å². The highest BCUT2D eigenvalue weighted by atomic mass is 32.1. The molecule has 0 aliphatic heterocycles. The topological polar surface area (TPSA) is 14.2 Å². The normalized spacial score (nSPS) is 9.42. The zero-order valence-corrected chi connectivity index (χ0v) is 7.80. The second-order valence-corrected chi connectivity index (χ2v) is 3.01. The van der Waals surface area contributed by atoms with Crippen molar-refractivity contribution in [2.45, 2.75) is 6.92 Å². The first kappa shape index (κ1) is 9.00. The quantitative estimate of drug-likeness (QED) is 0.524. The Morgan fingerprint density at radius 3 is 3.00 bits per heavy atom. The van der Waals surface area contributed by atoms with E-state index in [0.717, 1.165) is 5.57 Å². The summed E-state index contributed by atoms with van der Waals surface area (Å²) in [6.07, 6.45) is 1.78. The number of aromatic nitrogens is 1. The molecule has 1 aromatic heterocycles. The van der Waals surface area contributed by atoms with Gasteiger partial charge in [-0.15, -0.1) is 0 Å². The maximum absolute atomic E-state index is 5.31. The second kappa shape index (κ2) is 4.07. The highest BCUT2D eigenvalue weighted by molar-refractivity contribution is 7.71. The maximum Gasteiger partial charge on any atom is 0.142 e. The predicted molar refractivity (Wildman–Crippen MR) is 51.5 cm³/mol. The van der Waals surface area contributed by atoms with Gasteiger partial charge in [-0.2, -0.15) is 4.73 Å². The largest absolute Gasteiger partial charge is 0.409 e. The van der Waals surface area contributed by atoms with Gasteiger partial charge in [-0.05, 0) is 24.6 Å². The van der Waals surface area contributed by atoms with E-state index in [2.05, 4.69) is 6.58 Å². The second-order valence-electron chi connectivity index (χ2n) is 2.60. The van der Waals surface area contributed by atoms with E-state index in [4.69, 9.17) is 17.1 Å². The van der Waals surface area contributed by atoms with Crippen LogP contribution < -0.4 is 4.84 Å². The van der Waals surface area contributed by atoms with E-state index in [1.165, 1.54) is 0 Å². The minimum atomic E-state index is 0.498. The standard InChI is InChI=1S/C9H11NOS/c1-8(2)7-11-10-6-4-3-5-9(10)12/h3-6H,1,7H2,2H3. The van der Waals surface area contributed by atoms with E-state index in [0.29, 0.717) is 11.2 Å². The number of pyridine rings is 1. The van der Waals surface area contributed by atoms with Gasteiger partial charge in [0.05, 0.1) is 0 Å². The lowest BCUT2D eigenvalue weighted by atomic mass is 10.4. The summed E-state index contributed by atoms with van der Waals surface area (Å²) in [7, 11) is 0. The molecule has 0 amide bonds. The summed E-state index contributed by atoms with van der Waals surface area (Å²) in [4.78, 5) is 5.31. The van der Waals surface area contributed by atoms with Crippen molar-refractivity contribution in [3.63, 3.8) is 0 Å². The fourth-order valence-corrected chi connectivity index (χ4v) is 0.891. The molecular formula is C9H11NOS.